The van der Waals surface area contributed by atoms with Gasteiger partial charge in [-0.2, -0.15) is 0 Å². The molecule has 200 valence electrons. The van der Waals surface area contributed by atoms with Crippen LogP contribution in [-0.4, -0.2) is 52.7 Å². The average Bonchev–Trinajstić information content (AvgIpc) is 3.56. The number of nitrogens with one attached hydrogen (secondary N) is 2. The van der Waals surface area contributed by atoms with Gasteiger partial charge in [-0.3, -0.25) is 9.36 Å². The lowest BCUT2D eigenvalue weighted by molar-refractivity contribution is -0.132. The normalized spacial score (nSPS) is 15.1. The van der Waals surface area contributed by atoms with Crippen molar-refractivity contribution >= 4 is 27.8 Å². The Hall–Kier alpha value is -4.46. The van der Waals surface area contributed by atoms with E-state index in [4.69, 9.17) is 9.47 Å². The Labute approximate surface area is 226 Å². The van der Waals surface area contributed by atoms with Gasteiger partial charge in [-0.05, 0) is 42.7 Å². The number of hydrogen-bond donors (Lipinski definition) is 2. The molecular formula is C31H32N4O4. The number of aromatic nitrogens is 3. The average molecular weight is 525 g/mol. The van der Waals surface area contributed by atoms with Crippen LogP contribution in [0.15, 0.2) is 77.7 Å². The zero-order valence-electron chi connectivity index (χ0n) is 22.1. The zero-order chi connectivity index (χ0) is 26.9. The number of likely N-dealkylation sites (tertiary alicyclic amines) is 1. The lowest BCUT2D eigenvalue weighted by atomic mass is 9.86. The fourth-order valence-corrected chi connectivity index (χ4v) is 5.99. The van der Waals surface area contributed by atoms with E-state index in [-0.39, 0.29) is 23.6 Å². The molecule has 0 radical (unpaired) electrons. The van der Waals surface area contributed by atoms with Gasteiger partial charge in [0.05, 0.1) is 25.3 Å². The lowest BCUT2D eigenvalue weighted by Crippen LogP contribution is -2.41. The Morgan fingerprint density at radius 1 is 0.949 bits per heavy atom. The first-order chi connectivity index (χ1) is 19.1. The molecule has 0 bridgehead atoms. The number of amides is 1. The van der Waals surface area contributed by atoms with Crippen LogP contribution in [0.1, 0.15) is 42.3 Å². The summed E-state index contributed by atoms with van der Waals surface area (Å²) in [6.45, 7) is 1.21. The molecule has 8 heteroatoms. The number of fused-ring (bicyclic) bond motifs is 2. The summed E-state index contributed by atoms with van der Waals surface area (Å²) in [5.41, 5.74) is 4.70. The topological polar surface area (TPSA) is 92.4 Å². The van der Waals surface area contributed by atoms with Gasteiger partial charge in [-0.1, -0.05) is 36.4 Å². The largest absolute Gasteiger partial charge is 0.497 e. The second-order valence-corrected chi connectivity index (χ2v) is 10.1. The number of ether oxygens (including phenoxy) is 2. The number of rotatable bonds is 7. The molecule has 1 amide bonds. The molecule has 1 saturated heterocycles. The maximum atomic E-state index is 13.8. The third kappa shape index (κ3) is 4.56. The standard InChI is InChI=1S/C31H32N4O4/c1-38-21-11-12-23(29(17-21)39-2)24(25-19-32-26-8-4-3-7-22(25)26)18-30(36)34-15-13-20(14-16-34)35-28-10-6-5-9-27(28)33-31(35)37/h3-12,17,19-20,24,32H,13-16,18H2,1-2H3,(H,33,37). The quantitative estimate of drug-likeness (QED) is 0.306. The van der Waals surface area contributed by atoms with E-state index >= 15 is 0 Å². The summed E-state index contributed by atoms with van der Waals surface area (Å²) in [4.78, 5) is 34.7. The Kier molecular flexibility index (Phi) is 6.60. The van der Waals surface area contributed by atoms with Gasteiger partial charge in [-0.15, -0.1) is 0 Å². The van der Waals surface area contributed by atoms with Crippen LogP contribution in [-0.2, 0) is 4.79 Å². The van der Waals surface area contributed by atoms with Crippen molar-refractivity contribution in [1.82, 2.24) is 19.4 Å². The summed E-state index contributed by atoms with van der Waals surface area (Å²) in [7, 11) is 3.27. The van der Waals surface area contributed by atoms with Gasteiger partial charge in [0.25, 0.3) is 0 Å². The molecule has 2 aromatic heterocycles. The van der Waals surface area contributed by atoms with Crippen molar-refractivity contribution in [3.05, 3.63) is 94.5 Å². The van der Waals surface area contributed by atoms with Gasteiger partial charge in [0.2, 0.25) is 5.91 Å². The number of para-hydroxylation sites is 3. The highest BCUT2D eigenvalue weighted by atomic mass is 16.5. The van der Waals surface area contributed by atoms with Crippen molar-refractivity contribution in [3.8, 4) is 11.5 Å². The number of hydrogen-bond acceptors (Lipinski definition) is 4. The van der Waals surface area contributed by atoms with Crippen molar-refractivity contribution < 1.29 is 14.3 Å². The number of H-pyrrole nitrogens is 2. The van der Waals surface area contributed by atoms with E-state index in [2.05, 4.69) is 16.0 Å². The van der Waals surface area contributed by atoms with Crippen LogP contribution < -0.4 is 15.2 Å². The molecule has 5 aromatic rings. The van der Waals surface area contributed by atoms with Gasteiger partial charge in [0.1, 0.15) is 11.5 Å². The van der Waals surface area contributed by atoms with Crippen molar-refractivity contribution in [1.29, 1.82) is 0 Å². The third-order valence-electron chi connectivity index (χ3n) is 8.00. The molecule has 8 nitrogen and oxygen atoms in total. The predicted octanol–water partition coefficient (Wildman–Crippen LogP) is 5.21. The molecule has 1 aliphatic rings. The minimum absolute atomic E-state index is 0.0591. The Morgan fingerprint density at radius 2 is 1.69 bits per heavy atom. The molecule has 3 aromatic carbocycles. The molecule has 1 atom stereocenters. The molecule has 0 aliphatic carbocycles. The lowest BCUT2D eigenvalue weighted by Gasteiger charge is -2.33. The van der Waals surface area contributed by atoms with Crippen LogP contribution in [0.2, 0.25) is 0 Å². The van der Waals surface area contributed by atoms with Crippen LogP contribution in [0.5, 0.6) is 11.5 Å². The minimum atomic E-state index is -0.205. The molecule has 0 saturated carbocycles. The molecule has 3 heterocycles. The number of aromatic amines is 2. The molecule has 1 aliphatic heterocycles. The fraction of sp³-hybridized carbons (Fsp3) is 0.290. The van der Waals surface area contributed by atoms with Crippen molar-refractivity contribution in [3.63, 3.8) is 0 Å². The smallest absolute Gasteiger partial charge is 0.326 e. The van der Waals surface area contributed by atoms with E-state index in [0.29, 0.717) is 31.0 Å². The summed E-state index contributed by atoms with van der Waals surface area (Å²) in [5.74, 6) is 1.28. The zero-order valence-corrected chi connectivity index (χ0v) is 22.1. The third-order valence-corrected chi connectivity index (χ3v) is 8.00. The van der Waals surface area contributed by atoms with Gasteiger partial charge in [-0.25, -0.2) is 4.79 Å². The van der Waals surface area contributed by atoms with Gasteiger partial charge >= 0.3 is 5.69 Å². The van der Waals surface area contributed by atoms with E-state index in [1.54, 1.807) is 14.2 Å². The minimum Gasteiger partial charge on any atom is -0.497 e. The van der Waals surface area contributed by atoms with Gasteiger partial charge in [0, 0.05) is 60.2 Å². The predicted molar refractivity (Wildman–Crippen MR) is 152 cm³/mol. The van der Waals surface area contributed by atoms with Crippen LogP contribution in [0.4, 0.5) is 0 Å². The highest BCUT2D eigenvalue weighted by Crippen LogP contribution is 2.40. The number of methoxy groups -OCH3 is 2. The van der Waals surface area contributed by atoms with Crippen molar-refractivity contribution in [2.45, 2.75) is 31.2 Å². The first-order valence-corrected chi connectivity index (χ1v) is 13.3. The fourth-order valence-electron chi connectivity index (χ4n) is 5.99. The molecule has 1 fully saturated rings. The van der Waals surface area contributed by atoms with E-state index in [1.807, 2.05) is 76.3 Å². The van der Waals surface area contributed by atoms with Crippen LogP contribution in [0.3, 0.4) is 0 Å². The van der Waals surface area contributed by atoms with E-state index in [0.717, 1.165) is 45.9 Å². The maximum absolute atomic E-state index is 13.8. The summed E-state index contributed by atoms with van der Waals surface area (Å²) in [6.07, 6.45) is 3.78. The summed E-state index contributed by atoms with van der Waals surface area (Å²) in [6, 6.07) is 21.7. The second-order valence-electron chi connectivity index (χ2n) is 10.1. The molecule has 6 rings (SSSR count). The van der Waals surface area contributed by atoms with Crippen LogP contribution in [0.25, 0.3) is 21.9 Å². The maximum Gasteiger partial charge on any atom is 0.326 e. The second kappa shape index (κ2) is 10.4. The Balaban J connectivity index is 1.26. The van der Waals surface area contributed by atoms with Gasteiger partial charge in [0.15, 0.2) is 0 Å². The summed E-state index contributed by atoms with van der Waals surface area (Å²) >= 11 is 0. The van der Waals surface area contributed by atoms with Gasteiger partial charge < -0.3 is 24.3 Å². The first-order valence-electron chi connectivity index (χ1n) is 13.3. The van der Waals surface area contributed by atoms with E-state index in [1.165, 1.54) is 0 Å². The van der Waals surface area contributed by atoms with E-state index < -0.39 is 0 Å². The Bertz CT molecular complexity index is 1690. The SMILES string of the molecule is COc1ccc(C(CC(=O)N2CCC(n3c(=O)[nH]c4ccccc43)CC2)c2c[nH]c3ccccc23)c(OC)c1. The summed E-state index contributed by atoms with van der Waals surface area (Å²) < 4.78 is 13.0. The number of benzene rings is 3. The highest BCUT2D eigenvalue weighted by Gasteiger charge is 2.30. The molecule has 2 N–H and O–H groups in total. The first kappa shape index (κ1) is 24.9. The van der Waals surface area contributed by atoms with Crippen LogP contribution >= 0.6 is 0 Å². The summed E-state index contributed by atoms with van der Waals surface area (Å²) in [5, 5.41) is 1.09. The highest BCUT2D eigenvalue weighted by molar-refractivity contribution is 5.86. The number of imidazole rings is 1. The molecular weight excluding hydrogens is 492 g/mol. The number of carbonyl (C=O) groups is 1. The number of nitrogens with zero attached hydrogens (tertiary/aromatic N) is 2. The van der Waals surface area contributed by atoms with Crippen LogP contribution in [0, 0.1) is 0 Å². The molecule has 1 unspecified atom stereocenters. The number of carbonyl (C=O) groups excluding carboxylic acids is 1. The van der Waals surface area contributed by atoms with Crippen molar-refractivity contribution in [2.24, 2.45) is 0 Å². The number of piperidine rings is 1. The van der Waals surface area contributed by atoms with Crippen molar-refractivity contribution in [2.75, 3.05) is 27.3 Å². The van der Waals surface area contributed by atoms with E-state index in [9.17, 15) is 9.59 Å². The Morgan fingerprint density at radius 3 is 2.46 bits per heavy atom. The molecule has 39 heavy (non-hydrogen) atoms. The molecule has 0 spiro atoms. The monoisotopic (exact) mass is 524 g/mol.